The Bertz CT molecular complexity index is 399. The minimum absolute atomic E-state index is 0.448. The number of likely N-dealkylation sites (tertiary alicyclic amines) is 1. The summed E-state index contributed by atoms with van der Waals surface area (Å²) in [6.07, 6.45) is 5.93. The molecule has 0 aromatic carbocycles. The van der Waals surface area contributed by atoms with Crippen LogP contribution >= 0.6 is 0 Å². The fraction of sp³-hybridized carbons (Fsp3) is 0.706. The highest BCUT2D eigenvalue weighted by Crippen LogP contribution is 2.33. The van der Waals surface area contributed by atoms with Gasteiger partial charge in [0.25, 0.3) is 0 Å². The number of nitrogens with one attached hydrogen (secondary N) is 1. The number of aromatic nitrogens is 1. The normalized spacial score (nSPS) is 24.9. The number of pyridine rings is 1. The van der Waals surface area contributed by atoms with Gasteiger partial charge in [-0.15, -0.1) is 0 Å². The van der Waals surface area contributed by atoms with Gasteiger partial charge in [-0.1, -0.05) is 26.3 Å². The van der Waals surface area contributed by atoms with Crippen LogP contribution in [0.5, 0.6) is 0 Å². The molecule has 0 spiro atoms. The first-order valence-electron chi connectivity index (χ1n) is 7.94. The third-order valence-corrected chi connectivity index (χ3v) is 4.28. The average molecular weight is 275 g/mol. The molecule has 3 heteroatoms. The Hall–Kier alpha value is -0.930. The predicted octanol–water partition coefficient (Wildman–Crippen LogP) is 3.16. The fourth-order valence-electron chi connectivity index (χ4n) is 3.15. The van der Waals surface area contributed by atoms with Crippen LogP contribution < -0.4 is 5.32 Å². The lowest BCUT2D eigenvalue weighted by molar-refractivity contribution is 0.183. The van der Waals surface area contributed by atoms with E-state index in [1.165, 1.54) is 37.1 Å². The van der Waals surface area contributed by atoms with Gasteiger partial charge in [-0.3, -0.25) is 9.88 Å². The van der Waals surface area contributed by atoms with Gasteiger partial charge in [0.05, 0.1) is 11.7 Å². The average Bonchev–Trinajstić information content (AvgIpc) is 2.59. The molecule has 2 heterocycles. The van der Waals surface area contributed by atoms with E-state index in [4.69, 9.17) is 4.98 Å². The van der Waals surface area contributed by atoms with E-state index in [-0.39, 0.29) is 0 Å². The highest BCUT2D eigenvalue weighted by Gasteiger charge is 2.29. The molecule has 0 aliphatic carbocycles. The molecule has 1 saturated heterocycles. The van der Waals surface area contributed by atoms with Crippen LogP contribution in [0.4, 0.5) is 0 Å². The van der Waals surface area contributed by atoms with Gasteiger partial charge < -0.3 is 5.32 Å². The third-order valence-electron chi connectivity index (χ3n) is 4.28. The zero-order chi connectivity index (χ0) is 14.5. The fourth-order valence-corrected chi connectivity index (χ4v) is 3.15. The van der Waals surface area contributed by atoms with E-state index in [0.717, 1.165) is 6.54 Å². The largest absolute Gasteiger partial charge is 0.314 e. The van der Waals surface area contributed by atoms with Crippen molar-refractivity contribution in [1.82, 2.24) is 15.2 Å². The van der Waals surface area contributed by atoms with Crippen molar-refractivity contribution in [2.75, 3.05) is 20.1 Å². The molecule has 0 amide bonds. The molecule has 2 atom stereocenters. The Labute approximate surface area is 123 Å². The Morgan fingerprint density at radius 1 is 1.35 bits per heavy atom. The molecule has 1 aromatic rings. The van der Waals surface area contributed by atoms with E-state index < -0.39 is 0 Å². The first-order chi connectivity index (χ1) is 9.58. The molecule has 112 valence electrons. The molecule has 2 unspecified atom stereocenters. The maximum absolute atomic E-state index is 4.70. The van der Waals surface area contributed by atoms with E-state index in [9.17, 15) is 0 Å². The minimum Gasteiger partial charge on any atom is -0.314 e. The molecule has 0 bridgehead atoms. The first kappa shape index (κ1) is 15.5. The maximum Gasteiger partial charge on any atom is 0.0578 e. The monoisotopic (exact) mass is 275 g/mol. The standard InChI is InChI=1S/C17H29N3/c1-13(2)18-12-15-7-5-6-10-20(4)17(15)16-9-8-14(3)11-19-16/h8-9,11,13,15,17-18H,5-7,10,12H2,1-4H3. The molecule has 3 nitrogen and oxygen atoms in total. The van der Waals surface area contributed by atoms with Gasteiger partial charge in [-0.25, -0.2) is 0 Å². The summed E-state index contributed by atoms with van der Waals surface area (Å²) in [5.41, 5.74) is 2.47. The Morgan fingerprint density at radius 2 is 2.15 bits per heavy atom. The number of hydrogen-bond donors (Lipinski definition) is 1. The minimum atomic E-state index is 0.448. The number of aryl methyl sites for hydroxylation is 1. The number of nitrogens with zero attached hydrogens (tertiary/aromatic N) is 2. The second kappa shape index (κ2) is 7.19. The molecule has 1 aromatic heterocycles. The van der Waals surface area contributed by atoms with Crippen LogP contribution in [0.15, 0.2) is 18.3 Å². The van der Waals surface area contributed by atoms with Crippen molar-refractivity contribution in [3.05, 3.63) is 29.6 Å². The zero-order valence-corrected chi connectivity index (χ0v) is 13.4. The van der Waals surface area contributed by atoms with Crippen LogP contribution in [0.2, 0.25) is 0 Å². The number of hydrogen-bond acceptors (Lipinski definition) is 3. The van der Waals surface area contributed by atoms with Crippen molar-refractivity contribution in [2.45, 2.75) is 52.1 Å². The second-order valence-corrected chi connectivity index (χ2v) is 6.50. The lowest BCUT2D eigenvalue weighted by Gasteiger charge is -2.32. The molecule has 20 heavy (non-hydrogen) atoms. The molecule has 1 N–H and O–H groups in total. The van der Waals surface area contributed by atoms with E-state index in [2.05, 4.69) is 50.2 Å². The molecule has 2 rings (SSSR count). The van der Waals surface area contributed by atoms with Gasteiger partial charge in [-0.05, 0) is 50.9 Å². The summed E-state index contributed by atoms with van der Waals surface area (Å²) < 4.78 is 0. The quantitative estimate of drug-likeness (QED) is 0.915. The smallest absolute Gasteiger partial charge is 0.0578 e. The molecule has 1 fully saturated rings. The van der Waals surface area contributed by atoms with Gasteiger partial charge in [-0.2, -0.15) is 0 Å². The second-order valence-electron chi connectivity index (χ2n) is 6.50. The van der Waals surface area contributed by atoms with E-state index in [1.54, 1.807) is 0 Å². The lowest BCUT2D eigenvalue weighted by atomic mass is 9.91. The topological polar surface area (TPSA) is 28.2 Å². The summed E-state index contributed by atoms with van der Waals surface area (Å²) >= 11 is 0. The predicted molar refractivity (Wildman–Crippen MR) is 84.8 cm³/mol. The third kappa shape index (κ3) is 4.03. The molecule has 1 aliphatic rings. The van der Waals surface area contributed by atoms with Gasteiger partial charge in [0.2, 0.25) is 0 Å². The van der Waals surface area contributed by atoms with Crippen LogP contribution in [-0.4, -0.2) is 36.1 Å². The lowest BCUT2D eigenvalue weighted by Crippen LogP contribution is -2.37. The Morgan fingerprint density at radius 3 is 2.80 bits per heavy atom. The van der Waals surface area contributed by atoms with Crippen molar-refractivity contribution in [1.29, 1.82) is 0 Å². The molecule has 0 saturated carbocycles. The highest BCUT2D eigenvalue weighted by atomic mass is 15.1. The van der Waals surface area contributed by atoms with Gasteiger partial charge >= 0.3 is 0 Å². The SMILES string of the molecule is Cc1ccc(C2C(CNC(C)C)CCCCN2C)nc1. The molecular weight excluding hydrogens is 246 g/mol. The summed E-state index contributed by atoms with van der Waals surface area (Å²) in [5.74, 6) is 0.653. The summed E-state index contributed by atoms with van der Waals surface area (Å²) in [6.45, 7) is 8.81. The summed E-state index contributed by atoms with van der Waals surface area (Å²) in [6, 6.07) is 5.40. The van der Waals surface area contributed by atoms with Gasteiger partial charge in [0, 0.05) is 18.8 Å². The Kier molecular flexibility index (Phi) is 5.55. The van der Waals surface area contributed by atoms with Crippen LogP contribution in [0.3, 0.4) is 0 Å². The van der Waals surface area contributed by atoms with Crippen molar-refractivity contribution >= 4 is 0 Å². The summed E-state index contributed by atoms with van der Waals surface area (Å²) in [7, 11) is 2.25. The Balaban J connectivity index is 2.18. The van der Waals surface area contributed by atoms with Crippen LogP contribution in [-0.2, 0) is 0 Å². The molecule has 1 aliphatic heterocycles. The highest BCUT2D eigenvalue weighted by molar-refractivity contribution is 5.16. The van der Waals surface area contributed by atoms with Crippen molar-refractivity contribution in [3.8, 4) is 0 Å². The van der Waals surface area contributed by atoms with Gasteiger partial charge in [0.15, 0.2) is 0 Å². The van der Waals surface area contributed by atoms with Crippen molar-refractivity contribution < 1.29 is 0 Å². The maximum atomic E-state index is 4.70. The number of rotatable bonds is 4. The summed E-state index contributed by atoms with van der Waals surface area (Å²) in [5, 5.41) is 3.62. The first-order valence-corrected chi connectivity index (χ1v) is 7.94. The van der Waals surface area contributed by atoms with E-state index in [0.29, 0.717) is 18.0 Å². The molecule has 0 radical (unpaired) electrons. The van der Waals surface area contributed by atoms with Crippen molar-refractivity contribution in [2.24, 2.45) is 5.92 Å². The van der Waals surface area contributed by atoms with E-state index in [1.807, 2.05) is 6.20 Å². The van der Waals surface area contributed by atoms with Crippen molar-refractivity contribution in [3.63, 3.8) is 0 Å². The summed E-state index contributed by atoms with van der Waals surface area (Å²) in [4.78, 5) is 7.20. The van der Waals surface area contributed by atoms with E-state index >= 15 is 0 Å². The van der Waals surface area contributed by atoms with Gasteiger partial charge in [0.1, 0.15) is 0 Å². The van der Waals surface area contributed by atoms with Crippen LogP contribution in [0, 0.1) is 12.8 Å². The van der Waals surface area contributed by atoms with Crippen LogP contribution in [0.25, 0.3) is 0 Å². The zero-order valence-electron chi connectivity index (χ0n) is 13.4. The van der Waals surface area contributed by atoms with Crippen LogP contribution in [0.1, 0.15) is 50.4 Å². The molecular formula is C17H29N3.